The van der Waals surface area contributed by atoms with Gasteiger partial charge in [0.15, 0.2) is 10.4 Å². The number of benzene rings is 2. The summed E-state index contributed by atoms with van der Waals surface area (Å²) >= 11 is 2.98. The Kier molecular flexibility index (Phi) is 7.06. The first kappa shape index (κ1) is 20.4. The van der Waals surface area contributed by atoms with Crippen LogP contribution >= 0.6 is 23.1 Å². The topological polar surface area (TPSA) is 64.1 Å². The number of rotatable bonds is 8. The molecule has 1 N–H and O–H groups in total. The molecule has 0 radical (unpaired) electrons. The van der Waals surface area contributed by atoms with E-state index in [0.717, 1.165) is 27.0 Å². The minimum absolute atomic E-state index is 0.210. The van der Waals surface area contributed by atoms with Crippen LogP contribution in [0.1, 0.15) is 30.0 Å². The van der Waals surface area contributed by atoms with Crippen molar-refractivity contribution in [1.82, 2.24) is 10.2 Å². The molecule has 7 heteroatoms. The molecule has 0 fully saturated rings. The number of amides is 1. The Labute approximate surface area is 173 Å². The molecule has 0 spiro atoms. The maximum atomic E-state index is 12.6. The minimum Gasteiger partial charge on any atom is -0.480 e. The Morgan fingerprint density at radius 1 is 1.18 bits per heavy atom. The first-order valence-electron chi connectivity index (χ1n) is 9.10. The fourth-order valence-corrected chi connectivity index (χ4v) is 4.34. The first-order chi connectivity index (χ1) is 13.5. The van der Waals surface area contributed by atoms with E-state index in [0.29, 0.717) is 11.6 Å². The molecule has 146 valence electrons. The highest BCUT2D eigenvalue weighted by Gasteiger charge is 2.21. The van der Waals surface area contributed by atoms with Crippen molar-refractivity contribution < 1.29 is 9.53 Å². The smallest absolute Gasteiger partial charge is 0.267 e. The standard InChI is InChI=1S/C21H23N3O2S2/c1-4-17(26-18-11-10-14(2)12-15(18)3)19(25)22-20-23-24-21(28-20)27-13-16-8-6-5-7-9-16/h5-12,17H,4,13H2,1-3H3,(H,22,23,25)/t17-/m0/s1. The van der Waals surface area contributed by atoms with Crippen molar-refractivity contribution in [3.8, 4) is 5.75 Å². The maximum absolute atomic E-state index is 12.6. The molecule has 2 aromatic carbocycles. The number of nitrogens with zero attached hydrogens (tertiary/aromatic N) is 2. The summed E-state index contributed by atoms with van der Waals surface area (Å²) < 4.78 is 6.76. The van der Waals surface area contributed by atoms with Crippen molar-refractivity contribution in [2.24, 2.45) is 0 Å². The third-order valence-electron chi connectivity index (χ3n) is 4.10. The number of nitrogens with one attached hydrogen (secondary N) is 1. The van der Waals surface area contributed by atoms with E-state index in [4.69, 9.17) is 4.74 Å². The summed E-state index contributed by atoms with van der Waals surface area (Å²) in [7, 11) is 0. The van der Waals surface area contributed by atoms with Crippen LogP contribution in [0.4, 0.5) is 5.13 Å². The van der Waals surface area contributed by atoms with Crippen LogP contribution < -0.4 is 10.1 Å². The molecule has 0 aliphatic heterocycles. The van der Waals surface area contributed by atoms with Crippen LogP contribution in [-0.2, 0) is 10.5 Å². The molecular formula is C21H23N3O2S2. The Balaban J connectivity index is 1.57. The van der Waals surface area contributed by atoms with E-state index in [9.17, 15) is 4.79 Å². The van der Waals surface area contributed by atoms with Gasteiger partial charge in [-0.2, -0.15) is 0 Å². The number of ether oxygens (including phenoxy) is 1. The van der Waals surface area contributed by atoms with Crippen molar-refractivity contribution in [3.63, 3.8) is 0 Å². The van der Waals surface area contributed by atoms with Crippen LogP contribution in [0.25, 0.3) is 0 Å². The van der Waals surface area contributed by atoms with E-state index in [-0.39, 0.29) is 5.91 Å². The number of thioether (sulfide) groups is 1. The summed E-state index contributed by atoms with van der Waals surface area (Å²) in [6, 6.07) is 16.1. The Bertz CT molecular complexity index is 928. The van der Waals surface area contributed by atoms with Gasteiger partial charge < -0.3 is 4.74 Å². The Morgan fingerprint density at radius 3 is 2.68 bits per heavy atom. The van der Waals surface area contributed by atoms with Gasteiger partial charge in [0.25, 0.3) is 5.91 Å². The molecule has 0 aliphatic carbocycles. The van der Waals surface area contributed by atoms with Crippen molar-refractivity contribution in [2.75, 3.05) is 5.32 Å². The predicted octanol–water partition coefficient (Wildman–Crippen LogP) is 5.24. The SMILES string of the molecule is CC[C@H](Oc1ccc(C)cc1C)C(=O)Nc1nnc(SCc2ccccc2)s1. The summed E-state index contributed by atoms with van der Waals surface area (Å²) in [6.45, 7) is 5.94. The average Bonchev–Trinajstić information content (AvgIpc) is 3.14. The van der Waals surface area contributed by atoms with Gasteiger partial charge in [0.05, 0.1) is 0 Å². The normalized spacial score (nSPS) is 11.8. The van der Waals surface area contributed by atoms with E-state index < -0.39 is 6.10 Å². The molecule has 28 heavy (non-hydrogen) atoms. The quantitative estimate of drug-likeness (QED) is 0.404. The fraction of sp³-hybridized carbons (Fsp3) is 0.286. The van der Waals surface area contributed by atoms with Gasteiger partial charge in [0.2, 0.25) is 5.13 Å². The van der Waals surface area contributed by atoms with E-state index >= 15 is 0 Å². The monoisotopic (exact) mass is 413 g/mol. The third kappa shape index (κ3) is 5.56. The number of carbonyl (C=O) groups is 1. The van der Waals surface area contributed by atoms with Gasteiger partial charge in [-0.25, -0.2) is 0 Å². The zero-order valence-corrected chi connectivity index (χ0v) is 17.8. The van der Waals surface area contributed by atoms with Gasteiger partial charge >= 0.3 is 0 Å². The zero-order chi connectivity index (χ0) is 19.9. The van der Waals surface area contributed by atoms with Gasteiger partial charge in [0.1, 0.15) is 5.75 Å². The molecule has 1 amide bonds. The van der Waals surface area contributed by atoms with Crippen LogP contribution in [0.3, 0.4) is 0 Å². The lowest BCUT2D eigenvalue weighted by molar-refractivity contribution is -0.122. The fourth-order valence-electron chi connectivity index (χ4n) is 2.63. The van der Waals surface area contributed by atoms with Crippen LogP contribution in [0.15, 0.2) is 52.9 Å². The molecule has 3 aromatic rings. The Morgan fingerprint density at radius 2 is 1.96 bits per heavy atom. The lowest BCUT2D eigenvalue weighted by Crippen LogP contribution is -2.32. The Hall–Kier alpha value is -2.38. The van der Waals surface area contributed by atoms with Gasteiger partial charge in [-0.1, -0.05) is 78.1 Å². The molecule has 0 aliphatic rings. The van der Waals surface area contributed by atoms with Gasteiger partial charge in [-0.3, -0.25) is 10.1 Å². The summed E-state index contributed by atoms with van der Waals surface area (Å²) in [5.41, 5.74) is 3.40. The maximum Gasteiger partial charge on any atom is 0.267 e. The summed E-state index contributed by atoms with van der Waals surface area (Å²) in [5.74, 6) is 1.33. The second kappa shape index (κ2) is 9.71. The highest BCUT2D eigenvalue weighted by Crippen LogP contribution is 2.28. The predicted molar refractivity (Wildman–Crippen MR) is 115 cm³/mol. The van der Waals surface area contributed by atoms with Crippen LogP contribution in [0.2, 0.25) is 0 Å². The molecule has 1 atom stereocenters. The molecule has 1 heterocycles. The number of aryl methyl sites for hydroxylation is 2. The first-order valence-corrected chi connectivity index (χ1v) is 10.9. The zero-order valence-electron chi connectivity index (χ0n) is 16.1. The second-order valence-electron chi connectivity index (χ2n) is 6.42. The minimum atomic E-state index is -0.578. The number of anilines is 1. The van der Waals surface area contributed by atoms with Gasteiger partial charge in [0, 0.05) is 5.75 Å². The average molecular weight is 414 g/mol. The second-order valence-corrected chi connectivity index (χ2v) is 8.62. The molecule has 0 saturated carbocycles. The molecule has 0 bridgehead atoms. The van der Waals surface area contributed by atoms with Gasteiger partial charge in [-0.05, 0) is 37.5 Å². The van der Waals surface area contributed by atoms with Crippen molar-refractivity contribution in [2.45, 2.75) is 43.4 Å². The molecular weight excluding hydrogens is 390 g/mol. The van der Waals surface area contributed by atoms with Crippen molar-refractivity contribution in [3.05, 3.63) is 65.2 Å². The van der Waals surface area contributed by atoms with Crippen LogP contribution in [0, 0.1) is 13.8 Å². The molecule has 0 saturated heterocycles. The van der Waals surface area contributed by atoms with Crippen molar-refractivity contribution >= 4 is 34.1 Å². The number of carbonyl (C=O) groups excluding carboxylic acids is 1. The van der Waals surface area contributed by atoms with E-state index in [1.807, 2.05) is 57.2 Å². The number of hydrogen-bond donors (Lipinski definition) is 1. The summed E-state index contributed by atoms with van der Waals surface area (Å²) in [5, 5.41) is 11.6. The van der Waals surface area contributed by atoms with Crippen molar-refractivity contribution in [1.29, 1.82) is 0 Å². The largest absolute Gasteiger partial charge is 0.480 e. The van der Waals surface area contributed by atoms with Gasteiger partial charge in [-0.15, -0.1) is 10.2 Å². The lowest BCUT2D eigenvalue weighted by atomic mass is 10.1. The molecule has 5 nitrogen and oxygen atoms in total. The lowest BCUT2D eigenvalue weighted by Gasteiger charge is -2.18. The molecule has 0 unspecified atom stereocenters. The van der Waals surface area contributed by atoms with E-state index in [1.165, 1.54) is 16.9 Å². The van der Waals surface area contributed by atoms with E-state index in [2.05, 4.69) is 27.6 Å². The van der Waals surface area contributed by atoms with Crippen LogP contribution in [0.5, 0.6) is 5.75 Å². The third-order valence-corrected chi connectivity index (χ3v) is 6.15. The highest BCUT2D eigenvalue weighted by molar-refractivity contribution is 8.00. The molecule has 1 aromatic heterocycles. The molecule has 3 rings (SSSR count). The number of aromatic nitrogens is 2. The summed E-state index contributed by atoms with van der Waals surface area (Å²) in [6.07, 6.45) is -0.0150. The van der Waals surface area contributed by atoms with Crippen LogP contribution in [-0.4, -0.2) is 22.2 Å². The highest BCUT2D eigenvalue weighted by atomic mass is 32.2. The number of hydrogen-bond acceptors (Lipinski definition) is 6. The summed E-state index contributed by atoms with van der Waals surface area (Å²) in [4.78, 5) is 12.6. The van der Waals surface area contributed by atoms with E-state index in [1.54, 1.807) is 11.8 Å².